The third-order valence-corrected chi connectivity index (χ3v) is 1.93. The molecule has 0 spiro atoms. The molecular formula is C10H15N3O2. The van der Waals surface area contributed by atoms with Gasteiger partial charge in [0.25, 0.3) is 5.91 Å². The highest BCUT2D eigenvalue weighted by molar-refractivity contribution is 5.98. The molecule has 0 aliphatic heterocycles. The highest BCUT2D eigenvalue weighted by Gasteiger charge is 2.09. The van der Waals surface area contributed by atoms with E-state index in [2.05, 4.69) is 5.43 Å². The predicted octanol–water partition coefficient (Wildman–Crippen LogP) is -0.162. The largest absolute Gasteiger partial charge is 0.398 e. The molecule has 0 atom stereocenters. The molecule has 15 heavy (non-hydrogen) atoms. The monoisotopic (exact) mass is 209 g/mol. The van der Waals surface area contributed by atoms with Crippen LogP contribution in [0.25, 0.3) is 0 Å². The molecule has 0 saturated heterocycles. The summed E-state index contributed by atoms with van der Waals surface area (Å²) in [6.45, 7) is 0.361. The number of nitrogens with zero attached hydrogens (tertiary/aromatic N) is 1. The van der Waals surface area contributed by atoms with E-state index in [1.165, 1.54) is 5.01 Å². The molecule has 0 saturated carbocycles. The van der Waals surface area contributed by atoms with Crippen LogP contribution in [-0.2, 0) is 0 Å². The van der Waals surface area contributed by atoms with Crippen molar-refractivity contribution in [1.82, 2.24) is 10.4 Å². The van der Waals surface area contributed by atoms with Gasteiger partial charge in [-0.25, -0.2) is 5.01 Å². The van der Waals surface area contributed by atoms with E-state index in [0.29, 0.717) is 17.8 Å². The second-order valence-electron chi connectivity index (χ2n) is 3.17. The van der Waals surface area contributed by atoms with Gasteiger partial charge in [-0.1, -0.05) is 12.1 Å². The molecule has 0 fully saturated rings. The Morgan fingerprint density at radius 3 is 2.80 bits per heavy atom. The van der Waals surface area contributed by atoms with E-state index in [-0.39, 0.29) is 12.5 Å². The summed E-state index contributed by atoms with van der Waals surface area (Å²) < 4.78 is 0. The van der Waals surface area contributed by atoms with Crippen LogP contribution in [0.4, 0.5) is 5.69 Å². The summed E-state index contributed by atoms with van der Waals surface area (Å²) in [6, 6.07) is 6.83. The van der Waals surface area contributed by atoms with Gasteiger partial charge in [0, 0.05) is 19.3 Å². The van der Waals surface area contributed by atoms with Gasteiger partial charge in [0.2, 0.25) is 0 Å². The Hall–Kier alpha value is -1.59. The first kappa shape index (κ1) is 11.5. The third kappa shape index (κ3) is 3.23. The third-order valence-electron chi connectivity index (χ3n) is 1.93. The molecule has 0 heterocycles. The molecule has 1 aromatic rings. The summed E-state index contributed by atoms with van der Waals surface area (Å²) >= 11 is 0. The fraction of sp³-hybridized carbons (Fsp3) is 0.300. The molecule has 0 radical (unpaired) electrons. The maximum atomic E-state index is 11.6. The van der Waals surface area contributed by atoms with Crippen molar-refractivity contribution in [3.63, 3.8) is 0 Å². The number of nitrogens with one attached hydrogen (secondary N) is 1. The molecule has 82 valence electrons. The first-order chi connectivity index (χ1) is 7.15. The van der Waals surface area contributed by atoms with Crippen LogP contribution in [-0.4, -0.2) is 36.2 Å². The van der Waals surface area contributed by atoms with Gasteiger partial charge < -0.3 is 10.8 Å². The number of rotatable bonds is 4. The van der Waals surface area contributed by atoms with Crippen LogP contribution >= 0.6 is 0 Å². The molecular weight excluding hydrogens is 194 g/mol. The van der Waals surface area contributed by atoms with Crippen LogP contribution < -0.4 is 11.2 Å². The number of likely N-dealkylation sites (N-methyl/N-ethyl adjacent to an activating group) is 1. The van der Waals surface area contributed by atoms with Gasteiger partial charge >= 0.3 is 0 Å². The maximum Gasteiger partial charge on any atom is 0.267 e. The van der Waals surface area contributed by atoms with E-state index in [0.717, 1.165) is 0 Å². The number of carbonyl (C=O) groups is 1. The number of hydrogen-bond donors (Lipinski definition) is 3. The van der Waals surface area contributed by atoms with Crippen LogP contribution in [0.5, 0.6) is 0 Å². The fourth-order valence-electron chi connectivity index (χ4n) is 1.14. The standard InChI is InChI=1S/C10H15N3O2/c1-13(6-7-14)12-10(15)8-4-2-3-5-9(8)11/h2-5,14H,6-7,11H2,1H3,(H,12,15). The number of hydrazine groups is 1. The lowest BCUT2D eigenvalue weighted by molar-refractivity contribution is 0.0804. The average Bonchev–Trinajstić information content (AvgIpc) is 2.18. The van der Waals surface area contributed by atoms with Crippen LogP contribution in [0, 0.1) is 0 Å². The Bertz CT molecular complexity index is 341. The van der Waals surface area contributed by atoms with Crippen molar-refractivity contribution in [1.29, 1.82) is 0 Å². The second kappa shape index (κ2) is 5.33. The fourth-order valence-corrected chi connectivity index (χ4v) is 1.14. The van der Waals surface area contributed by atoms with E-state index in [1.54, 1.807) is 31.3 Å². The predicted molar refractivity (Wildman–Crippen MR) is 58.0 cm³/mol. The van der Waals surface area contributed by atoms with Crippen molar-refractivity contribution < 1.29 is 9.90 Å². The first-order valence-corrected chi connectivity index (χ1v) is 4.62. The molecule has 0 aliphatic rings. The maximum absolute atomic E-state index is 11.6. The van der Waals surface area contributed by atoms with E-state index < -0.39 is 0 Å². The highest BCUT2D eigenvalue weighted by atomic mass is 16.3. The molecule has 1 amide bonds. The Morgan fingerprint density at radius 1 is 1.53 bits per heavy atom. The van der Waals surface area contributed by atoms with Gasteiger partial charge in [-0.3, -0.25) is 10.2 Å². The zero-order valence-electron chi connectivity index (χ0n) is 8.60. The minimum atomic E-state index is -0.274. The van der Waals surface area contributed by atoms with Gasteiger partial charge in [0.05, 0.1) is 12.2 Å². The number of para-hydroxylation sites is 1. The van der Waals surface area contributed by atoms with Crippen LogP contribution in [0.2, 0.25) is 0 Å². The van der Waals surface area contributed by atoms with E-state index in [1.807, 2.05) is 0 Å². The molecule has 0 aromatic heterocycles. The highest BCUT2D eigenvalue weighted by Crippen LogP contribution is 2.09. The normalized spacial score (nSPS) is 10.3. The van der Waals surface area contributed by atoms with Crippen LogP contribution in [0.1, 0.15) is 10.4 Å². The molecule has 0 bridgehead atoms. The van der Waals surface area contributed by atoms with Crippen molar-refractivity contribution >= 4 is 11.6 Å². The quantitative estimate of drug-likeness (QED) is 0.475. The Morgan fingerprint density at radius 2 is 2.20 bits per heavy atom. The topological polar surface area (TPSA) is 78.6 Å². The smallest absolute Gasteiger partial charge is 0.267 e. The first-order valence-electron chi connectivity index (χ1n) is 4.62. The van der Waals surface area contributed by atoms with Crippen molar-refractivity contribution in [3.8, 4) is 0 Å². The summed E-state index contributed by atoms with van der Waals surface area (Å²) in [6.07, 6.45) is 0. The number of nitrogen functional groups attached to an aromatic ring is 1. The molecule has 0 aliphatic carbocycles. The lowest BCUT2D eigenvalue weighted by Gasteiger charge is -2.17. The van der Waals surface area contributed by atoms with Crippen LogP contribution in [0.15, 0.2) is 24.3 Å². The SMILES string of the molecule is CN(CCO)NC(=O)c1ccccc1N. The minimum absolute atomic E-state index is 0.0128. The van der Waals surface area contributed by atoms with Gasteiger partial charge in [-0.05, 0) is 12.1 Å². The number of aliphatic hydroxyl groups is 1. The number of amides is 1. The van der Waals surface area contributed by atoms with Crippen molar-refractivity contribution in [2.75, 3.05) is 25.9 Å². The molecule has 5 heteroatoms. The molecule has 1 rings (SSSR count). The lowest BCUT2D eigenvalue weighted by Crippen LogP contribution is -2.41. The number of benzene rings is 1. The summed E-state index contributed by atoms with van der Waals surface area (Å²) in [5, 5.41) is 10.2. The second-order valence-corrected chi connectivity index (χ2v) is 3.17. The minimum Gasteiger partial charge on any atom is -0.398 e. The van der Waals surface area contributed by atoms with Crippen molar-refractivity contribution in [3.05, 3.63) is 29.8 Å². The molecule has 1 aromatic carbocycles. The number of hydrogen-bond acceptors (Lipinski definition) is 4. The summed E-state index contributed by atoms with van der Waals surface area (Å²) in [7, 11) is 1.67. The molecule has 0 unspecified atom stereocenters. The zero-order chi connectivity index (χ0) is 11.3. The Kier molecular flexibility index (Phi) is 4.08. The average molecular weight is 209 g/mol. The van der Waals surface area contributed by atoms with Crippen molar-refractivity contribution in [2.45, 2.75) is 0 Å². The Balaban J connectivity index is 2.65. The zero-order valence-corrected chi connectivity index (χ0v) is 8.60. The van der Waals surface area contributed by atoms with Gasteiger partial charge in [0.1, 0.15) is 0 Å². The van der Waals surface area contributed by atoms with Gasteiger partial charge in [-0.15, -0.1) is 0 Å². The van der Waals surface area contributed by atoms with Crippen LogP contribution in [0.3, 0.4) is 0 Å². The number of nitrogens with two attached hydrogens (primary N) is 1. The molecule has 5 nitrogen and oxygen atoms in total. The number of aliphatic hydroxyl groups excluding tert-OH is 1. The van der Waals surface area contributed by atoms with E-state index >= 15 is 0 Å². The number of carbonyl (C=O) groups excluding carboxylic acids is 1. The Labute approximate surface area is 88.5 Å². The summed E-state index contributed by atoms with van der Waals surface area (Å²) in [5.41, 5.74) is 9.10. The molecule has 4 N–H and O–H groups in total. The summed E-state index contributed by atoms with van der Waals surface area (Å²) in [4.78, 5) is 11.6. The van der Waals surface area contributed by atoms with Gasteiger partial charge in [-0.2, -0.15) is 0 Å². The van der Waals surface area contributed by atoms with Crippen molar-refractivity contribution in [2.24, 2.45) is 0 Å². The van der Waals surface area contributed by atoms with E-state index in [9.17, 15) is 4.79 Å². The summed E-state index contributed by atoms with van der Waals surface area (Å²) in [5.74, 6) is -0.274. The lowest BCUT2D eigenvalue weighted by atomic mass is 10.2. The van der Waals surface area contributed by atoms with E-state index in [4.69, 9.17) is 10.8 Å². The number of anilines is 1. The van der Waals surface area contributed by atoms with Gasteiger partial charge in [0.15, 0.2) is 0 Å².